The summed E-state index contributed by atoms with van der Waals surface area (Å²) in [6.45, 7) is 2.46. The van der Waals surface area contributed by atoms with E-state index in [1.165, 1.54) is 0 Å². The number of cyclic esters (lactones) is 1. The molecule has 1 fully saturated rings. The standard InChI is InChI=1S/C5H8O2S/c1-4-5(6)7-2-3-8-4/h4H,2-3H2,1H3. The summed E-state index contributed by atoms with van der Waals surface area (Å²) in [6.07, 6.45) is 0. The summed E-state index contributed by atoms with van der Waals surface area (Å²) in [5.74, 6) is 0.883. The molecule has 2 nitrogen and oxygen atoms in total. The Morgan fingerprint density at radius 3 is 3.00 bits per heavy atom. The Bertz CT molecular complexity index is 103. The van der Waals surface area contributed by atoms with E-state index in [1.54, 1.807) is 11.8 Å². The molecule has 1 aliphatic rings. The maximum atomic E-state index is 10.6. The lowest BCUT2D eigenvalue weighted by atomic mass is 10.5. The fourth-order valence-electron chi connectivity index (χ4n) is 0.553. The largest absolute Gasteiger partial charge is 0.464 e. The third-order valence-corrected chi connectivity index (χ3v) is 2.12. The number of esters is 1. The minimum atomic E-state index is -0.0683. The average molecular weight is 132 g/mol. The van der Waals surface area contributed by atoms with Gasteiger partial charge >= 0.3 is 5.97 Å². The molecule has 1 aliphatic heterocycles. The van der Waals surface area contributed by atoms with E-state index < -0.39 is 0 Å². The van der Waals surface area contributed by atoms with E-state index in [1.807, 2.05) is 6.92 Å². The van der Waals surface area contributed by atoms with E-state index in [0.29, 0.717) is 6.61 Å². The molecule has 46 valence electrons. The normalized spacial score (nSPS) is 29.6. The maximum Gasteiger partial charge on any atom is 0.318 e. The second-order valence-corrected chi connectivity index (χ2v) is 3.13. The van der Waals surface area contributed by atoms with Crippen molar-refractivity contribution in [2.75, 3.05) is 12.4 Å². The van der Waals surface area contributed by atoms with Gasteiger partial charge in [0.2, 0.25) is 0 Å². The van der Waals surface area contributed by atoms with Gasteiger partial charge in [0.05, 0.1) is 5.25 Å². The van der Waals surface area contributed by atoms with Crippen LogP contribution in [0.3, 0.4) is 0 Å². The summed E-state index contributed by atoms with van der Waals surface area (Å²) in [7, 11) is 0. The molecule has 1 saturated heterocycles. The van der Waals surface area contributed by atoms with Gasteiger partial charge in [-0.25, -0.2) is 0 Å². The fraction of sp³-hybridized carbons (Fsp3) is 0.800. The highest BCUT2D eigenvalue weighted by molar-refractivity contribution is 8.00. The predicted molar refractivity (Wildman–Crippen MR) is 32.9 cm³/mol. The van der Waals surface area contributed by atoms with Gasteiger partial charge in [-0.15, -0.1) is 11.8 Å². The van der Waals surface area contributed by atoms with Crippen LogP contribution in [0.1, 0.15) is 6.92 Å². The third-order valence-electron chi connectivity index (χ3n) is 1.03. The van der Waals surface area contributed by atoms with Gasteiger partial charge in [0, 0.05) is 5.75 Å². The molecule has 0 bridgehead atoms. The Balaban J connectivity index is 2.39. The molecule has 8 heavy (non-hydrogen) atoms. The molecular weight excluding hydrogens is 124 g/mol. The zero-order valence-corrected chi connectivity index (χ0v) is 5.53. The van der Waals surface area contributed by atoms with Gasteiger partial charge in [-0.2, -0.15) is 0 Å². The minimum Gasteiger partial charge on any atom is -0.464 e. The van der Waals surface area contributed by atoms with Crippen LogP contribution in [0.4, 0.5) is 0 Å². The Labute approximate surface area is 52.6 Å². The number of thioether (sulfide) groups is 1. The predicted octanol–water partition coefficient (Wildman–Crippen LogP) is 0.665. The average Bonchev–Trinajstić information content (AvgIpc) is 1.77. The van der Waals surface area contributed by atoms with Crippen molar-refractivity contribution in [2.24, 2.45) is 0 Å². The fourth-order valence-corrected chi connectivity index (χ4v) is 1.29. The minimum absolute atomic E-state index is 0.0590. The summed E-state index contributed by atoms with van der Waals surface area (Å²) < 4.78 is 4.73. The second kappa shape index (κ2) is 2.40. The molecule has 0 aliphatic carbocycles. The lowest BCUT2D eigenvalue weighted by molar-refractivity contribution is -0.142. The van der Waals surface area contributed by atoms with Crippen LogP contribution in [0.15, 0.2) is 0 Å². The van der Waals surface area contributed by atoms with Gasteiger partial charge in [0.25, 0.3) is 0 Å². The number of hydrogen-bond acceptors (Lipinski definition) is 3. The first-order valence-corrected chi connectivity index (χ1v) is 3.64. The number of rotatable bonds is 0. The van der Waals surface area contributed by atoms with Gasteiger partial charge in [-0.05, 0) is 6.92 Å². The van der Waals surface area contributed by atoms with Crippen molar-refractivity contribution in [2.45, 2.75) is 12.2 Å². The molecule has 1 atom stereocenters. The molecule has 3 heteroatoms. The summed E-state index contributed by atoms with van der Waals surface area (Å²) in [5.41, 5.74) is 0. The summed E-state index contributed by atoms with van der Waals surface area (Å²) in [6, 6.07) is 0. The zero-order chi connectivity index (χ0) is 5.98. The van der Waals surface area contributed by atoms with Crippen molar-refractivity contribution >= 4 is 17.7 Å². The quantitative estimate of drug-likeness (QED) is 0.453. The second-order valence-electron chi connectivity index (χ2n) is 1.68. The molecule has 0 aromatic heterocycles. The molecule has 0 spiro atoms. The molecule has 1 unspecified atom stereocenters. The smallest absolute Gasteiger partial charge is 0.318 e. The van der Waals surface area contributed by atoms with Crippen LogP contribution in [-0.4, -0.2) is 23.6 Å². The SMILES string of the molecule is CC1SCCOC1=O. The van der Waals surface area contributed by atoms with Crippen molar-refractivity contribution in [1.29, 1.82) is 0 Å². The molecule has 0 amide bonds. The number of carbonyl (C=O) groups excluding carboxylic acids is 1. The molecule has 0 aromatic carbocycles. The third kappa shape index (κ3) is 1.15. The van der Waals surface area contributed by atoms with Crippen LogP contribution in [0.25, 0.3) is 0 Å². The molecule has 1 rings (SSSR count). The Hall–Kier alpha value is -0.180. The highest BCUT2D eigenvalue weighted by Gasteiger charge is 2.18. The van der Waals surface area contributed by atoms with Crippen LogP contribution >= 0.6 is 11.8 Å². The monoisotopic (exact) mass is 132 g/mol. The molecule has 0 radical (unpaired) electrons. The van der Waals surface area contributed by atoms with E-state index in [-0.39, 0.29) is 11.2 Å². The zero-order valence-electron chi connectivity index (χ0n) is 4.72. The lowest BCUT2D eigenvalue weighted by Crippen LogP contribution is -2.24. The molecule has 1 heterocycles. The summed E-state index contributed by atoms with van der Waals surface area (Å²) >= 11 is 1.65. The lowest BCUT2D eigenvalue weighted by Gasteiger charge is -2.15. The van der Waals surface area contributed by atoms with Crippen LogP contribution < -0.4 is 0 Å². The molecule has 0 aromatic rings. The first kappa shape index (κ1) is 5.95. The highest BCUT2D eigenvalue weighted by Crippen LogP contribution is 2.15. The maximum absolute atomic E-state index is 10.6. The van der Waals surface area contributed by atoms with Crippen LogP contribution in [0.5, 0.6) is 0 Å². The molecular formula is C5H8O2S. The van der Waals surface area contributed by atoms with Crippen molar-refractivity contribution in [1.82, 2.24) is 0 Å². The summed E-state index contributed by atoms with van der Waals surface area (Å²) in [4.78, 5) is 10.6. The van der Waals surface area contributed by atoms with Gasteiger partial charge in [-0.1, -0.05) is 0 Å². The number of carbonyl (C=O) groups is 1. The number of hydrogen-bond donors (Lipinski definition) is 0. The topological polar surface area (TPSA) is 26.3 Å². The Morgan fingerprint density at radius 2 is 2.62 bits per heavy atom. The van der Waals surface area contributed by atoms with E-state index in [2.05, 4.69) is 0 Å². The van der Waals surface area contributed by atoms with Crippen molar-refractivity contribution < 1.29 is 9.53 Å². The summed E-state index contributed by atoms with van der Waals surface area (Å²) in [5, 5.41) is 0.0590. The van der Waals surface area contributed by atoms with Gasteiger partial charge in [0.1, 0.15) is 6.61 Å². The van der Waals surface area contributed by atoms with E-state index in [0.717, 1.165) is 5.75 Å². The molecule has 0 N–H and O–H groups in total. The van der Waals surface area contributed by atoms with Gasteiger partial charge in [-0.3, -0.25) is 4.79 Å². The Morgan fingerprint density at radius 1 is 1.88 bits per heavy atom. The first-order chi connectivity index (χ1) is 3.80. The van der Waals surface area contributed by atoms with Gasteiger partial charge in [0.15, 0.2) is 0 Å². The van der Waals surface area contributed by atoms with E-state index in [9.17, 15) is 4.79 Å². The van der Waals surface area contributed by atoms with Crippen LogP contribution in [0.2, 0.25) is 0 Å². The Kier molecular flexibility index (Phi) is 1.78. The van der Waals surface area contributed by atoms with Crippen LogP contribution in [-0.2, 0) is 9.53 Å². The van der Waals surface area contributed by atoms with E-state index >= 15 is 0 Å². The van der Waals surface area contributed by atoms with Crippen molar-refractivity contribution in [3.05, 3.63) is 0 Å². The van der Waals surface area contributed by atoms with Gasteiger partial charge < -0.3 is 4.74 Å². The van der Waals surface area contributed by atoms with Crippen molar-refractivity contribution in [3.8, 4) is 0 Å². The van der Waals surface area contributed by atoms with E-state index in [4.69, 9.17) is 4.74 Å². The highest BCUT2D eigenvalue weighted by atomic mass is 32.2. The molecule has 0 saturated carbocycles. The van der Waals surface area contributed by atoms with Crippen molar-refractivity contribution in [3.63, 3.8) is 0 Å². The first-order valence-electron chi connectivity index (χ1n) is 2.59. The number of ether oxygens (including phenoxy) is 1. The van der Waals surface area contributed by atoms with Crippen LogP contribution in [0, 0.1) is 0 Å².